The van der Waals surface area contributed by atoms with E-state index >= 15 is 0 Å². The monoisotopic (exact) mass is 400 g/mol. The molecule has 2 aromatic rings. The summed E-state index contributed by atoms with van der Waals surface area (Å²) in [6, 6.07) is 4.70. The van der Waals surface area contributed by atoms with Crippen molar-refractivity contribution < 1.29 is 17.6 Å². The molecule has 0 saturated carbocycles. The fraction of sp³-hybridized carbons (Fsp3) is 0.375. The molecule has 0 spiro atoms. The summed E-state index contributed by atoms with van der Waals surface area (Å²) in [6.45, 7) is 2.49. The van der Waals surface area contributed by atoms with Crippen molar-refractivity contribution in [2.75, 3.05) is 26.2 Å². The van der Waals surface area contributed by atoms with Crippen LogP contribution in [-0.4, -0.2) is 59.5 Å². The highest BCUT2D eigenvalue weighted by molar-refractivity contribution is 7.89. The molecule has 0 bridgehead atoms. The summed E-state index contributed by atoms with van der Waals surface area (Å²) in [7, 11) is -2.07. The fourth-order valence-corrected chi connectivity index (χ4v) is 4.60. The Hall–Kier alpha value is -1.97. The van der Waals surface area contributed by atoms with E-state index in [1.54, 1.807) is 18.9 Å². The minimum absolute atomic E-state index is 0.0322. The van der Waals surface area contributed by atoms with Crippen LogP contribution in [0.3, 0.4) is 0 Å². The molecule has 1 aromatic carbocycles. The Morgan fingerprint density at radius 2 is 1.73 bits per heavy atom. The largest absolute Gasteiger partial charge is 0.336 e. The van der Waals surface area contributed by atoms with Crippen LogP contribution in [0.4, 0.5) is 4.39 Å². The number of halogens is 2. The second-order valence-corrected chi connectivity index (χ2v) is 8.32. The predicted molar refractivity (Wildman–Crippen MR) is 94.0 cm³/mol. The standard InChI is InChI=1S/C16H18ClFN4O3S/c1-11-14(15(17)20(2)19-11)16(23)21-7-9-22(10-8-21)26(24,25)13-5-3-12(18)4-6-13/h3-6H,7-10H2,1-2H3. The van der Waals surface area contributed by atoms with Gasteiger partial charge in [-0.25, -0.2) is 12.8 Å². The molecule has 1 saturated heterocycles. The highest BCUT2D eigenvalue weighted by Crippen LogP contribution is 2.23. The van der Waals surface area contributed by atoms with Gasteiger partial charge in [0.05, 0.1) is 16.2 Å². The number of nitrogens with zero attached hydrogens (tertiary/aromatic N) is 4. The number of sulfonamides is 1. The van der Waals surface area contributed by atoms with Crippen LogP contribution in [-0.2, 0) is 17.1 Å². The molecule has 26 heavy (non-hydrogen) atoms. The number of carbonyl (C=O) groups is 1. The van der Waals surface area contributed by atoms with E-state index < -0.39 is 15.8 Å². The zero-order chi connectivity index (χ0) is 19.1. The average Bonchev–Trinajstić information content (AvgIpc) is 2.87. The van der Waals surface area contributed by atoms with Crippen LogP contribution in [0.2, 0.25) is 5.15 Å². The van der Waals surface area contributed by atoms with E-state index in [1.165, 1.54) is 21.1 Å². The summed E-state index contributed by atoms with van der Waals surface area (Å²) in [5.74, 6) is -0.762. The van der Waals surface area contributed by atoms with E-state index in [-0.39, 0.29) is 42.1 Å². The molecule has 0 atom stereocenters. The van der Waals surface area contributed by atoms with Gasteiger partial charge in [-0.2, -0.15) is 9.40 Å². The number of carbonyl (C=O) groups excluding carboxylic acids is 1. The molecule has 7 nitrogen and oxygen atoms in total. The maximum atomic E-state index is 13.0. The minimum atomic E-state index is -3.72. The number of aromatic nitrogens is 2. The summed E-state index contributed by atoms with van der Waals surface area (Å²) >= 11 is 6.14. The van der Waals surface area contributed by atoms with E-state index in [1.807, 2.05) is 0 Å². The summed E-state index contributed by atoms with van der Waals surface area (Å²) in [6.07, 6.45) is 0. The molecular weight excluding hydrogens is 383 g/mol. The van der Waals surface area contributed by atoms with Crippen LogP contribution in [0.1, 0.15) is 16.1 Å². The minimum Gasteiger partial charge on any atom is -0.336 e. The van der Waals surface area contributed by atoms with Crippen LogP contribution >= 0.6 is 11.6 Å². The molecule has 0 radical (unpaired) electrons. The van der Waals surface area contributed by atoms with Gasteiger partial charge < -0.3 is 4.90 Å². The predicted octanol–water partition coefficient (Wildman–Crippen LogP) is 1.67. The van der Waals surface area contributed by atoms with Crippen LogP contribution in [0.5, 0.6) is 0 Å². The van der Waals surface area contributed by atoms with E-state index in [0.29, 0.717) is 11.3 Å². The first kappa shape index (κ1) is 18.8. The van der Waals surface area contributed by atoms with Gasteiger partial charge in [0.25, 0.3) is 5.91 Å². The number of rotatable bonds is 3. The van der Waals surface area contributed by atoms with Gasteiger partial charge in [-0.15, -0.1) is 0 Å². The number of benzene rings is 1. The van der Waals surface area contributed by atoms with Crippen molar-refractivity contribution in [1.82, 2.24) is 19.0 Å². The van der Waals surface area contributed by atoms with Gasteiger partial charge in [-0.05, 0) is 31.2 Å². The lowest BCUT2D eigenvalue weighted by Gasteiger charge is -2.34. The van der Waals surface area contributed by atoms with Crippen LogP contribution in [0, 0.1) is 12.7 Å². The molecule has 1 aliphatic rings. The number of piperazine rings is 1. The number of amides is 1. The molecule has 140 valence electrons. The Bertz CT molecular complexity index is 935. The zero-order valence-corrected chi connectivity index (χ0v) is 15.9. The van der Waals surface area contributed by atoms with Crippen molar-refractivity contribution in [1.29, 1.82) is 0 Å². The van der Waals surface area contributed by atoms with E-state index in [0.717, 1.165) is 12.1 Å². The van der Waals surface area contributed by atoms with Gasteiger partial charge in [0.15, 0.2) is 0 Å². The quantitative estimate of drug-likeness (QED) is 0.785. The van der Waals surface area contributed by atoms with E-state index in [2.05, 4.69) is 5.10 Å². The van der Waals surface area contributed by atoms with Gasteiger partial charge in [0.1, 0.15) is 11.0 Å². The Labute approximate surface area is 156 Å². The van der Waals surface area contributed by atoms with Crippen LogP contribution < -0.4 is 0 Å². The fourth-order valence-electron chi connectivity index (χ4n) is 2.92. The highest BCUT2D eigenvalue weighted by Gasteiger charge is 2.32. The second kappa shape index (κ2) is 6.98. The van der Waals surface area contributed by atoms with Crippen LogP contribution in [0.15, 0.2) is 29.2 Å². The van der Waals surface area contributed by atoms with E-state index in [4.69, 9.17) is 11.6 Å². The smallest absolute Gasteiger partial charge is 0.258 e. The van der Waals surface area contributed by atoms with Gasteiger partial charge in [0, 0.05) is 33.2 Å². The number of hydrogen-bond donors (Lipinski definition) is 0. The lowest BCUT2D eigenvalue weighted by molar-refractivity contribution is 0.0697. The first-order chi connectivity index (χ1) is 12.2. The van der Waals surface area contributed by atoms with Crippen LogP contribution in [0.25, 0.3) is 0 Å². The maximum absolute atomic E-state index is 13.0. The lowest BCUT2D eigenvalue weighted by atomic mass is 10.2. The average molecular weight is 401 g/mol. The molecule has 10 heteroatoms. The molecular formula is C16H18ClFN4O3S. The number of aryl methyl sites for hydroxylation is 2. The molecule has 0 unspecified atom stereocenters. The molecule has 0 N–H and O–H groups in total. The molecule has 0 aliphatic carbocycles. The zero-order valence-electron chi connectivity index (χ0n) is 14.3. The highest BCUT2D eigenvalue weighted by atomic mass is 35.5. The second-order valence-electron chi connectivity index (χ2n) is 6.03. The molecule has 1 amide bonds. The van der Waals surface area contributed by atoms with Gasteiger partial charge >= 0.3 is 0 Å². The Balaban J connectivity index is 1.73. The molecule has 1 fully saturated rings. The SMILES string of the molecule is Cc1nn(C)c(Cl)c1C(=O)N1CCN(S(=O)(=O)c2ccc(F)cc2)CC1. The normalized spacial score (nSPS) is 16.1. The first-order valence-electron chi connectivity index (χ1n) is 7.96. The van der Waals surface area contributed by atoms with Gasteiger partial charge in [-0.3, -0.25) is 9.48 Å². The maximum Gasteiger partial charge on any atom is 0.258 e. The van der Waals surface area contributed by atoms with E-state index in [9.17, 15) is 17.6 Å². The van der Waals surface area contributed by atoms with Crippen molar-refractivity contribution in [3.8, 4) is 0 Å². The Morgan fingerprint density at radius 1 is 1.15 bits per heavy atom. The van der Waals surface area contributed by atoms with Crippen molar-refractivity contribution in [2.24, 2.45) is 7.05 Å². The van der Waals surface area contributed by atoms with Gasteiger partial charge in [0.2, 0.25) is 10.0 Å². The van der Waals surface area contributed by atoms with Crippen molar-refractivity contribution >= 4 is 27.5 Å². The topological polar surface area (TPSA) is 75.5 Å². The Morgan fingerprint density at radius 3 is 2.23 bits per heavy atom. The van der Waals surface area contributed by atoms with Gasteiger partial charge in [-0.1, -0.05) is 11.6 Å². The summed E-state index contributed by atoms with van der Waals surface area (Å²) in [5.41, 5.74) is 0.868. The third-order valence-corrected chi connectivity index (χ3v) is 6.69. The van der Waals surface area contributed by atoms with Crippen molar-refractivity contribution in [2.45, 2.75) is 11.8 Å². The molecule has 2 heterocycles. The number of hydrogen-bond acceptors (Lipinski definition) is 4. The summed E-state index contributed by atoms with van der Waals surface area (Å²) < 4.78 is 41.0. The summed E-state index contributed by atoms with van der Waals surface area (Å²) in [5, 5.41) is 4.39. The summed E-state index contributed by atoms with van der Waals surface area (Å²) in [4.78, 5) is 14.3. The third kappa shape index (κ3) is 3.34. The third-order valence-electron chi connectivity index (χ3n) is 4.34. The van der Waals surface area contributed by atoms with Crippen molar-refractivity contribution in [3.05, 3.63) is 46.5 Å². The Kier molecular flexibility index (Phi) is 5.05. The lowest BCUT2D eigenvalue weighted by Crippen LogP contribution is -2.50. The molecule has 1 aromatic heterocycles. The molecule has 1 aliphatic heterocycles. The first-order valence-corrected chi connectivity index (χ1v) is 9.77. The van der Waals surface area contributed by atoms with Crippen molar-refractivity contribution in [3.63, 3.8) is 0 Å². The molecule has 3 rings (SSSR count).